The molecule has 19 heavy (non-hydrogen) atoms. The molecular formula is C15H21NO3. The van der Waals surface area contributed by atoms with Gasteiger partial charge in [-0.05, 0) is 13.3 Å². The van der Waals surface area contributed by atoms with Gasteiger partial charge in [-0.15, -0.1) is 5.73 Å². The second kappa shape index (κ2) is 5.54. The van der Waals surface area contributed by atoms with Crippen LogP contribution in [0.3, 0.4) is 0 Å². The van der Waals surface area contributed by atoms with E-state index >= 15 is 0 Å². The van der Waals surface area contributed by atoms with Crippen molar-refractivity contribution in [2.24, 2.45) is 5.41 Å². The van der Waals surface area contributed by atoms with E-state index in [9.17, 15) is 14.9 Å². The molecule has 1 unspecified atom stereocenters. The fourth-order valence-corrected chi connectivity index (χ4v) is 2.74. The van der Waals surface area contributed by atoms with Crippen LogP contribution >= 0.6 is 0 Å². The van der Waals surface area contributed by atoms with Crippen LogP contribution in [-0.2, 0) is 4.79 Å². The van der Waals surface area contributed by atoms with E-state index in [-0.39, 0.29) is 17.1 Å². The van der Waals surface area contributed by atoms with Crippen molar-refractivity contribution in [3.63, 3.8) is 0 Å². The van der Waals surface area contributed by atoms with E-state index in [0.29, 0.717) is 12.8 Å². The molecule has 0 N–H and O–H groups in total. The van der Waals surface area contributed by atoms with E-state index < -0.39 is 11.0 Å². The van der Waals surface area contributed by atoms with Crippen molar-refractivity contribution in [3.05, 3.63) is 40.1 Å². The highest BCUT2D eigenvalue weighted by Gasteiger charge is 2.56. The van der Waals surface area contributed by atoms with E-state index in [2.05, 4.69) is 12.3 Å². The monoisotopic (exact) mass is 263 g/mol. The summed E-state index contributed by atoms with van der Waals surface area (Å²) in [5.74, 6) is -0.160. The lowest BCUT2D eigenvalue weighted by Gasteiger charge is -2.40. The van der Waals surface area contributed by atoms with Crippen LogP contribution in [0.1, 0.15) is 46.5 Å². The van der Waals surface area contributed by atoms with Gasteiger partial charge < -0.3 is 0 Å². The van der Waals surface area contributed by atoms with Crippen LogP contribution in [0.25, 0.3) is 0 Å². The second-order valence-electron chi connectivity index (χ2n) is 5.92. The molecular weight excluding hydrogens is 242 g/mol. The first kappa shape index (κ1) is 15.4. The summed E-state index contributed by atoms with van der Waals surface area (Å²) in [6.07, 6.45) is 4.94. The van der Waals surface area contributed by atoms with Gasteiger partial charge in [-0.2, -0.15) is 0 Å². The Kier molecular flexibility index (Phi) is 4.48. The number of rotatable bonds is 5. The molecule has 1 rings (SSSR count). The summed E-state index contributed by atoms with van der Waals surface area (Å²) in [6.45, 7) is 8.96. The van der Waals surface area contributed by atoms with Gasteiger partial charge in [0.25, 0.3) is 0 Å². The van der Waals surface area contributed by atoms with Crippen LogP contribution in [0.15, 0.2) is 30.0 Å². The minimum atomic E-state index is -1.06. The highest BCUT2D eigenvalue weighted by atomic mass is 16.6. The number of carbonyl (C=O) groups excluding carboxylic acids is 1. The van der Waals surface area contributed by atoms with E-state index in [1.54, 1.807) is 13.8 Å². The first-order valence-corrected chi connectivity index (χ1v) is 6.44. The van der Waals surface area contributed by atoms with Gasteiger partial charge in [0.2, 0.25) is 5.54 Å². The Hall–Kier alpha value is -1.67. The zero-order chi connectivity index (χ0) is 14.7. The Labute approximate surface area is 114 Å². The van der Waals surface area contributed by atoms with Crippen LogP contribution in [-0.4, -0.2) is 16.2 Å². The molecule has 4 heteroatoms. The van der Waals surface area contributed by atoms with Crippen LogP contribution in [0.5, 0.6) is 0 Å². The fourth-order valence-electron chi connectivity index (χ4n) is 2.74. The third kappa shape index (κ3) is 3.02. The maximum atomic E-state index is 11.7. The molecule has 4 nitrogen and oxygen atoms in total. The van der Waals surface area contributed by atoms with Crippen molar-refractivity contribution >= 4 is 5.78 Å². The number of allylic oxidation sites excluding steroid dienone is 2. The first-order chi connectivity index (χ1) is 8.75. The highest BCUT2D eigenvalue weighted by Crippen LogP contribution is 2.46. The lowest BCUT2D eigenvalue weighted by molar-refractivity contribution is -0.592. The average molecular weight is 263 g/mol. The minimum Gasteiger partial charge on any atom is -0.294 e. The zero-order valence-corrected chi connectivity index (χ0v) is 11.9. The van der Waals surface area contributed by atoms with Crippen LogP contribution in [0.2, 0.25) is 0 Å². The van der Waals surface area contributed by atoms with Crippen LogP contribution in [0.4, 0.5) is 0 Å². The summed E-state index contributed by atoms with van der Waals surface area (Å²) >= 11 is 0. The maximum Gasteiger partial charge on any atom is 0.231 e. The van der Waals surface area contributed by atoms with Gasteiger partial charge in [0, 0.05) is 35.7 Å². The average Bonchev–Trinajstić information content (AvgIpc) is 2.28. The Morgan fingerprint density at radius 2 is 2.32 bits per heavy atom. The first-order valence-electron chi connectivity index (χ1n) is 6.44. The molecule has 1 aliphatic carbocycles. The van der Waals surface area contributed by atoms with Crippen LogP contribution < -0.4 is 0 Å². The molecule has 0 aromatic carbocycles. The molecule has 0 spiro atoms. The summed E-state index contributed by atoms with van der Waals surface area (Å²) in [5.41, 5.74) is 1.87. The molecule has 0 amide bonds. The molecule has 0 fully saturated rings. The van der Waals surface area contributed by atoms with E-state index in [1.165, 1.54) is 11.6 Å². The number of hydrogen-bond acceptors (Lipinski definition) is 3. The predicted molar refractivity (Wildman–Crippen MR) is 74.4 cm³/mol. The zero-order valence-electron chi connectivity index (χ0n) is 11.9. The Morgan fingerprint density at radius 3 is 2.74 bits per heavy atom. The summed E-state index contributed by atoms with van der Waals surface area (Å²) in [4.78, 5) is 23.1. The number of nitro groups is 1. The molecule has 0 saturated carbocycles. The van der Waals surface area contributed by atoms with Crippen molar-refractivity contribution in [1.29, 1.82) is 0 Å². The van der Waals surface area contributed by atoms with Crippen molar-refractivity contribution in [2.75, 3.05) is 0 Å². The van der Waals surface area contributed by atoms with E-state index in [4.69, 9.17) is 0 Å². The molecule has 0 aromatic heterocycles. The summed E-state index contributed by atoms with van der Waals surface area (Å²) in [7, 11) is 0. The van der Waals surface area contributed by atoms with Gasteiger partial charge in [-0.3, -0.25) is 14.9 Å². The van der Waals surface area contributed by atoms with Gasteiger partial charge in [0.05, 0.1) is 0 Å². The molecule has 1 aliphatic rings. The number of carbonyl (C=O) groups is 1. The molecule has 0 radical (unpaired) electrons. The Bertz CT molecular complexity index is 470. The Balaban J connectivity index is 3.08. The molecule has 0 aliphatic heterocycles. The summed E-state index contributed by atoms with van der Waals surface area (Å²) in [5, 5.41) is 11.6. The largest absolute Gasteiger partial charge is 0.294 e. The topological polar surface area (TPSA) is 60.2 Å². The molecule has 0 aromatic rings. The molecule has 0 saturated heterocycles. The predicted octanol–water partition coefficient (Wildman–Crippen LogP) is 3.46. The van der Waals surface area contributed by atoms with Crippen molar-refractivity contribution < 1.29 is 9.72 Å². The van der Waals surface area contributed by atoms with E-state index in [0.717, 1.165) is 6.42 Å². The summed E-state index contributed by atoms with van der Waals surface area (Å²) < 4.78 is 0. The highest BCUT2D eigenvalue weighted by molar-refractivity contribution is 5.89. The van der Waals surface area contributed by atoms with Crippen molar-refractivity contribution in [2.45, 2.75) is 52.0 Å². The number of nitrogens with zero attached hydrogens (tertiary/aromatic N) is 1. The smallest absolute Gasteiger partial charge is 0.231 e. The summed E-state index contributed by atoms with van der Waals surface area (Å²) in [6, 6.07) is 0. The normalized spacial score (nSPS) is 23.2. The number of ketones is 1. The second-order valence-corrected chi connectivity index (χ2v) is 5.92. The van der Waals surface area contributed by atoms with E-state index in [1.807, 2.05) is 13.0 Å². The third-order valence-electron chi connectivity index (χ3n) is 4.21. The lowest BCUT2D eigenvalue weighted by atomic mass is 9.63. The SMILES string of the molecule is C=C=CC(=O)CC(C)(C)C1([N+](=O)[O-])CC=C(C)CC1. The van der Waals surface area contributed by atoms with Crippen molar-refractivity contribution in [1.82, 2.24) is 0 Å². The van der Waals surface area contributed by atoms with Gasteiger partial charge in [0.1, 0.15) is 0 Å². The Morgan fingerprint density at radius 1 is 1.68 bits per heavy atom. The van der Waals surface area contributed by atoms with Gasteiger partial charge in [0.15, 0.2) is 5.78 Å². The van der Waals surface area contributed by atoms with Gasteiger partial charge >= 0.3 is 0 Å². The molecule has 0 heterocycles. The van der Waals surface area contributed by atoms with Gasteiger partial charge in [-0.1, -0.05) is 32.1 Å². The molecule has 1 atom stereocenters. The fraction of sp³-hybridized carbons (Fsp3) is 0.600. The third-order valence-corrected chi connectivity index (χ3v) is 4.21. The standard InChI is InChI=1S/C15H21NO3/c1-5-6-13(17)11-14(3,4)15(16(18)19)9-7-12(2)8-10-15/h6-7H,1,8-11H2,2-4H3. The quantitative estimate of drug-likeness (QED) is 0.251. The lowest BCUT2D eigenvalue weighted by Crippen LogP contribution is -2.52. The van der Waals surface area contributed by atoms with Crippen LogP contribution in [0, 0.1) is 15.5 Å². The molecule has 104 valence electrons. The molecule has 0 bridgehead atoms. The van der Waals surface area contributed by atoms with Gasteiger partial charge in [-0.25, -0.2) is 0 Å². The maximum absolute atomic E-state index is 11.7. The minimum absolute atomic E-state index is 0.142. The van der Waals surface area contributed by atoms with Crippen molar-refractivity contribution in [3.8, 4) is 0 Å². The number of hydrogen-bond donors (Lipinski definition) is 0.